The summed E-state index contributed by atoms with van der Waals surface area (Å²) in [5.41, 5.74) is 8.15. The Hall–Kier alpha value is -2.55. The summed E-state index contributed by atoms with van der Waals surface area (Å²) < 4.78 is 0. The first-order valence-corrected chi connectivity index (χ1v) is 5.58. The van der Waals surface area contributed by atoms with Crippen LogP contribution in [0.4, 0.5) is 11.4 Å². The molecule has 6 nitrogen and oxygen atoms in total. The molecule has 2 rings (SSSR count). The second-order valence-electron chi connectivity index (χ2n) is 3.99. The number of aromatic nitrogens is 3. The van der Waals surface area contributed by atoms with E-state index in [9.17, 15) is 0 Å². The van der Waals surface area contributed by atoms with Crippen LogP contribution in [0.2, 0.25) is 0 Å². The zero-order valence-electron chi connectivity index (χ0n) is 10.0. The van der Waals surface area contributed by atoms with Gasteiger partial charge in [-0.25, -0.2) is 4.98 Å². The largest absolute Gasteiger partial charge is 0.398 e. The Morgan fingerprint density at radius 1 is 1.56 bits per heavy atom. The molecule has 6 heteroatoms. The van der Waals surface area contributed by atoms with E-state index >= 15 is 0 Å². The maximum absolute atomic E-state index is 8.72. The summed E-state index contributed by atoms with van der Waals surface area (Å²) in [6.07, 6.45) is 1.77. The molecule has 0 saturated heterocycles. The predicted molar refractivity (Wildman–Crippen MR) is 68.6 cm³/mol. The number of nitrogens with zero attached hydrogens (tertiary/aromatic N) is 3. The Kier molecular flexibility index (Phi) is 3.44. The number of nitrogen functional groups attached to an aromatic ring is 1. The second kappa shape index (κ2) is 5.19. The molecule has 1 aromatic carbocycles. The average Bonchev–Trinajstić information content (AvgIpc) is 2.87. The van der Waals surface area contributed by atoms with Crippen molar-refractivity contribution in [1.82, 2.24) is 15.2 Å². The molecule has 0 aliphatic heterocycles. The lowest BCUT2D eigenvalue weighted by Crippen LogP contribution is -2.09. The number of benzene rings is 1. The lowest BCUT2D eigenvalue weighted by atomic mass is 10.1. The summed E-state index contributed by atoms with van der Waals surface area (Å²) in [6.45, 7) is 1.97. The van der Waals surface area contributed by atoms with Gasteiger partial charge in [0.25, 0.3) is 0 Å². The van der Waals surface area contributed by atoms with E-state index in [1.54, 1.807) is 6.07 Å². The molecule has 0 bridgehead atoms. The van der Waals surface area contributed by atoms with Gasteiger partial charge in [0.15, 0.2) is 0 Å². The number of rotatable bonds is 4. The van der Waals surface area contributed by atoms with E-state index in [0.717, 1.165) is 17.1 Å². The van der Waals surface area contributed by atoms with Crippen molar-refractivity contribution in [1.29, 1.82) is 5.26 Å². The molecule has 0 amide bonds. The van der Waals surface area contributed by atoms with Crippen molar-refractivity contribution in [3.63, 3.8) is 0 Å². The fourth-order valence-electron chi connectivity index (χ4n) is 1.68. The molecule has 0 saturated carbocycles. The molecule has 4 N–H and O–H groups in total. The van der Waals surface area contributed by atoms with Crippen molar-refractivity contribution < 1.29 is 0 Å². The van der Waals surface area contributed by atoms with Gasteiger partial charge in [-0.1, -0.05) is 0 Å². The molecule has 1 unspecified atom stereocenters. The monoisotopic (exact) mass is 242 g/mol. The number of H-pyrrole nitrogens is 1. The van der Waals surface area contributed by atoms with Gasteiger partial charge < -0.3 is 11.1 Å². The van der Waals surface area contributed by atoms with E-state index in [1.165, 1.54) is 6.33 Å². The molecular weight excluding hydrogens is 228 g/mol. The van der Waals surface area contributed by atoms with Crippen molar-refractivity contribution in [2.75, 3.05) is 11.1 Å². The summed E-state index contributed by atoms with van der Waals surface area (Å²) in [7, 11) is 0. The number of anilines is 2. The third-order valence-corrected chi connectivity index (χ3v) is 2.64. The Morgan fingerprint density at radius 2 is 2.39 bits per heavy atom. The van der Waals surface area contributed by atoms with Crippen LogP contribution >= 0.6 is 0 Å². The average molecular weight is 242 g/mol. The van der Waals surface area contributed by atoms with Crippen molar-refractivity contribution in [3.8, 4) is 6.07 Å². The number of hydrogen-bond donors (Lipinski definition) is 3. The molecular formula is C12H14N6. The molecule has 0 fully saturated rings. The molecule has 1 aromatic heterocycles. The van der Waals surface area contributed by atoms with E-state index in [1.807, 2.05) is 19.1 Å². The van der Waals surface area contributed by atoms with Crippen LogP contribution in [0.3, 0.4) is 0 Å². The van der Waals surface area contributed by atoms with Gasteiger partial charge in [0.05, 0.1) is 18.5 Å². The van der Waals surface area contributed by atoms with E-state index in [2.05, 4.69) is 26.6 Å². The quantitative estimate of drug-likeness (QED) is 0.707. The van der Waals surface area contributed by atoms with Crippen LogP contribution in [0.1, 0.15) is 24.4 Å². The van der Waals surface area contributed by atoms with Crippen LogP contribution in [0.5, 0.6) is 0 Å². The number of nitrogens with one attached hydrogen (secondary N) is 2. The molecule has 0 spiro atoms. The molecule has 18 heavy (non-hydrogen) atoms. The lowest BCUT2D eigenvalue weighted by molar-refractivity contribution is 0.795. The third-order valence-electron chi connectivity index (χ3n) is 2.64. The molecule has 0 radical (unpaired) electrons. The predicted octanol–water partition coefficient (Wildman–Crippen LogP) is 1.63. The van der Waals surface area contributed by atoms with Crippen molar-refractivity contribution in [2.24, 2.45) is 0 Å². The van der Waals surface area contributed by atoms with Gasteiger partial charge in [-0.05, 0) is 30.7 Å². The second-order valence-corrected chi connectivity index (χ2v) is 3.99. The van der Waals surface area contributed by atoms with Crippen LogP contribution < -0.4 is 11.1 Å². The number of nitrogens with two attached hydrogens (primary N) is 1. The minimum atomic E-state index is 0.00561. The minimum Gasteiger partial charge on any atom is -0.398 e. The van der Waals surface area contributed by atoms with E-state index < -0.39 is 0 Å². The van der Waals surface area contributed by atoms with Gasteiger partial charge in [0.2, 0.25) is 0 Å². The highest BCUT2D eigenvalue weighted by molar-refractivity contribution is 5.58. The highest BCUT2D eigenvalue weighted by Gasteiger charge is 2.09. The standard InChI is InChI=1S/C12H14N6/c1-8(12-15-7-16-18-12)17-10-2-3-11(14)9(6-10)4-5-13/h2-3,6-8,17H,4,14H2,1H3,(H,15,16,18). The van der Waals surface area contributed by atoms with E-state index in [-0.39, 0.29) is 6.04 Å². The summed E-state index contributed by atoms with van der Waals surface area (Å²) in [5.74, 6) is 0.758. The summed E-state index contributed by atoms with van der Waals surface area (Å²) in [4.78, 5) is 4.08. The molecule has 2 aromatic rings. The van der Waals surface area contributed by atoms with Crippen molar-refractivity contribution in [2.45, 2.75) is 19.4 Å². The smallest absolute Gasteiger partial charge is 0.146 e. The van der Waals surface area contributed by atoms with Gasteiger partial charge >= 0.3 is 0 Å². The summed E-state index contributed by atoms with van der Waals surface area (Å²) >= 11 is 0. The number of aromatic amines is 1. The summed E-state index contributed by atoms with van der Waals surface area (Å²) in [6, 6.07) is 7.65. The van der Waals surface area contributed by atoms with Crippen LogP contribution in [0.15, 0.2) is 24.5 Å². The normalized spacial score (nSPS) is 11.8. The van der Waals surface area contributed by atoms with E-state index in [0.29, 0.717) is 12.1 Å². The first kappa shape index (κ1) is 11.9. The Bertz CT molecular complexity index is 554. The van der Waals surface area contributed by atoms with Crippen molar-refractivity contribution in [3.05, 3.63) is 35.9 Å². The Balaban J connectivity index is 2.15. The summed E-state index contributed by atoms with van der Waals surface area (Å²) in [5, 5.41) is 18.6. The van der Waals surface area contributed by atoms with E-state index in [4.69, 9.17) is 11.0 Å². The minimum absolute atomic E-state index is 0.00561. The highest BCUT2D eigenvalue weighted by Crippen LogP contribution is 2.21. The van der Waals surface area contributed by atoms with Gasteiger partial charge in [0, 0.05) is 11.4 Å². The molecule has 1 heterocycles. The van der Waals surface area contributed by atoms with Gasteiger partial charge in [-0.3, -0.25) is 5.10 Å². The fourth-order valence-corrected chi connectivity index (χ4v) is 1.68. The van der Waals surface area contributed by atoms with Crippen LogP contribution in [-0.4, -0.2) is 15.2 Å². The van der Waals surface area contributed by atoms with Crippen molar-refractivity contribution >= 4 is 11.4 Å². The zero-order valence-corrected chi connectivity index (χ0v) is 10.0. The topological polar surface area (TPSA) is 103 Å². The third kappa shape index (κ3) is 2.58. The van der Waals surface area contributed by atoms with Crippen LogP contribution in [-0.2, 0) is 6.42 Å². The number of hydrogen-bond acceptors (Lipinski definition) is 5. The SMILES string of the molecule is CC(Nc1ccc(N)c(CC#N)c1)c1ncn[nH]1. The first-order chi connectivity index (χ1) is 8.70. The molecule has 92 valence electrons. The molecule has 0 aliphatic carbocycles. The molecule has 1 atom stereocenters. The van der Waals surface area contributed by atoms with Crippen LogP contribution in [0, 0.1) is 11.3 Å². The van der Waals surface area contributed by atoms with Gasteiger partial charge in [-0.2, -0.15) is 10.4 Å². The van der Waals surface area contributed by atoms with Crippen LogP contribution in [0.25, 0.3) is 0 Å². The Labute approximate surface area is 105 Å². The highest BCUT2D eigenvalue weighted by atomic mass is 15.2. The molecule has 0 aliphatic rings. The Morgan fingerprint density at radius 3 is 3.06 bits per heavy atom. The van der Waals surface area contributed by atoms with Gasteiger partial charge in [0.1, 0.15) is 12.2 Å². The first-order valence-electron chi connectivity index (χ1n) is 5.58. The number of nitriles is 1. The maximum atomic E-state index is 8.72. The fraction of sp³-hybridized carbons (Fsp3) is 0.250. The van der Waals surface area contributed by atoms with Gasteiger partial charge in [-0.15, -0.1) is 0 Å². The zero-order chi connectivity index (χ0) is 13.0. The maximum Gasteiger partial charge on any atom is 0.146 e. The lowest BCUT2D eigenvalue weighted by Gasteiger charge is -2.14.